The zero-order chi connectivity index (χ0) is 19.2. The van der Waals surface area contributed by atoms with Gasteiger partial charge in [0.25, 0.3) is 0 Å². The van der Waals surface area contributed by atoms with Crippen molar-refractivity contribution in [3.05, 3.63) is 65.2 Å². The number of methoxy groups -OCH3 is 1. The summed E-state index contributed by atoms with van der Waals surface area (Å²) in [6.07, 6.45) is 0.626. The number of hydrogen-bond acceptors (Lipinski definition) is 5. The monoisotopic (exact) mass is 357 g/mol. The lowest BCUT2D eigenvalue weighted by atomic mass is 9.92. The molecule has 2 unspecified atom stereocenters. The van der Waals surface area contributed by atoms with Crippen LogP contribution in [0.1, 0.15) is 30.0 Å². The van der Waals surface area contributed by atoms with Gasteiger partial charge in [0.05, 0.1) is 20.1 Å². The number of ether oxygens (including phenoxy) is 2. The second kappa shape index (κ2) is 8.83. The molecule has 0 aromatic heterocycles. The molecule has 0 saturated heterocycles. The van der Waals surface area contributed by atoms with Gasteiger partial charge in [-0.05, 0) is 42.5 Å². The highest BCUT2D eigenvalue weighted by Crippen LogP contribution is 2.25. The minimum absolute atomic E-state index is 0.0558. The van der Waals surface area contributed by atoms with Crippen LogP contribution in [-0.2, 0) is 21.7 Å². The maximum absolute atomic E-state index is 11.3. The number of rotatable bonds is 8. The normalized spacial score (nSPS) is 14.3. The summed E-state index contributed by atoms with van der Waals surface area (Å²) in [6, 6.07) is 14.9. The summed E-state index contributed by atoms with van der Waals surface area (Å²) >= 11 is 0. The van der Waals surface area contributed by atoms with E-state index in [0.29, 0.717) is 24.3 Å². The van der Waals surface area contributed by atoms with Gasteiger partial charge in [-0.1, -0.05) is 48.9 Å². The molecule has 2 aromatic carbocycles. The zero-order valence-corrected chi connectivity index (χ0v) is 15.6. The van der Waals surface area contributed by atoms with Crippen LogP contribution >= 0.6 is 0 Å². The van der Waals surface area contributed by atoms with Crippen molar-refractivity contribution < 1.29 is 19.4 Å². The van der Waals surface area contributed by atoms with Gasteiger partial charge in [-0.3, -0.25) is 10.5 Å². The second-order valence-electron chi connectivity index (χ2n) is 6.81. The van der Waals surface area contributed by atoms with Gasteiger partial charge in [0, 0.05) is 0 Å². The number of carbonyl (C=O) groups is 1. The van der Waals surface area contributed by atoms with Crippen molar-refractivity contribution in [2.45, 2.75) is 32.4 Å². The van der Waals surface area contributed by atoms with E-state index in [0.717, 1.165) is 11.1 Å². The largest absolute Gasteiger partial charge is 0.493 e. The van der Waals surface area contributed by atoms with Gasteiger partial charge in [0.2, 0.25) is 0 Å². The van der Waals surface area contributed by atoms with Crippen molar-refractivity contribution in [1.29, 1.82) is 0 Å². The Hall–Kier alpha value is -2.37. The molecule has 2 atom stereocenters. The van der Waals surface area contributed by atoms with Crippen LogP contribution in [0.2, 0.25) is 0 Å². The lowest BCUT2D eigenvalue weighted by molar-refractivity contribution is -0.139. The topological polar surface area (TPSA) is 81.8 Å². The van der Waals surface area contributed by atoms with Gasteiger partial charge < -0.3 is 14.6 Å². The summed E-state index contributed by atoms with van der Waals surface area (Å²) in [5, 5.41) is 10.6. The smallest absolute Gasteiger partial charge is 0.309 e. The average molecular weight is 357 g/mol. The molecule has 140 valence electrons. The first-order valence-corrected chi connectivity index (χ1v) is 8.67. The first-order chi connectivity index (χ1) is 12.3. The highest BCUT2D eigenvalue weighted by molar-refractivity contribution is 5.72. The quantitative estimate of drug-likeness (QED) is 0.561. The fourth-order valence-corrected chi connectivity index (χ4v) is 2.80. The number of aryl methyl sites for hydroxylation is 1. The molecule has 2 aromatic rings. The van der Waals surface area contributed by atoms with E-state index in [4.69, 9.17) is 10.5 Å². The van der Waals surface area contributed by atoms with Gasteiger partial charge in [-0.25, -0.2) is 0 Å². The van der Waals surface area contributed by atoms with Crippen LogP contribution in [0, 0.1) is 12.8 Å². The molecule has 0 fully saturated rings. The molecule has 26 heavy (non-hydrogen) atoms. The third kappa shape index (κ3) is 5.86. The Morgan fingerprint density at radius 1 is 1.23 bits per heavy atom. The van der Waals surface area contributed by atoms with Crippen LogP contribution < -0.4 is 10.5 Å². The molecule has 0 saturated carbocycles. The third-order valence-electron chi connectivity index (χ3n) is 4.21. The Kier molecular flexibility index (Phi) is 6.77. The van der Waals surface area contributed by atoms with E-state index in [1.807, 2.05) is 62.4 Å². The van der Waals surface area contributed by atoms with E-state index in [2.05, 4.69) is 4.74 Å². The highest BCUT2D eigenvalue weighted by atomic mass is 16.5. The van der Waals surface area contributed by atoms with Crippen LogP contribution in [0.3, 0.4) is 0 Å². The van der Waals surface area contributed by atoms with Gasteiger partial charge in [-0.15, -0.1) is 0 Å². The molecular weight excluding hydrogens is 330 g/mol. The molecule has 0 radical (unpaired) electrons. The predicted octanol–water partition coefficient (Wildman–Crippen LogP) is 2.92. The van der Waals surface area contributed by atoms with Crippen molar-refractivity contribution in [2.24, 2.45) is 11.7 Å². The van der Waals surface area contributed by atoms with E-state index >= 15 is 0 Å². The molecule has 0 bridgehead atoms. The van der Waals surface area contributed by atoms with Gasteiger partial charge in [-0.2, -0.15) is 0 Å². The fourth-order valence-electron chi connectivity index (χ4n) is 2.80. The van der Waals surface area contributed by atoms with Crippen molar-refractivity contribution in [3.8, 4) is 5.75 Å². The lowest BCUT2D eigenvalue weighted by Crippen LogP contribution is -2.39. The third-order valence-corrected chi connectivity index (χ3v) is 4.21. The van der Waals surface area contributed by atoms with E-state index in [9.17, 15) is 9.90 Å². The number of benzene rings is 2. The molecule has 0 heterocycles. The maximum Gasteiger partial charge on any atom is 0.309 e. The summed E-state index contributed by atoms with van der Waals surface area (Å²) in [5.74, 6) is 0.493. The van der Waals surface area contributed by atoms with E-state index in [1.54, 1.807) is 0 Å². The Balaban J connectivity index is 1.88. The molecule has 5 nitrogen and oxygen atoms in total. The molecule has 3 N–H and O–H groups in total. The Morgan fingerprint density at radius 3 is 2.54 bits per heavy atom. The van der Waals surface area contributed by atoms with Gasteiger partial charge in [0.1, 0.15) is 11.5 Å². The number of carbonyl (C=O) groups excluding carboxylic acids is 1. The van der Waals surface area contributed by atoms with Gasteiger partial charge >= 0.3 is 5.97 Å². The Bertz CT molecular complexity index is 725. The van der Waals surface area contributed by atoms with E-state index in [-0.39, 0.29) is 18.3 Å². The van der Waals surface area contributed by atoms with Crippen LogP contribution in [0.5, 0.6) is 5.75 Å². The second-order valence-corrected chi connectivity index (χ2v) is 6.81. The molecule has 5 heteroatoms. The molecular formula is C21H27NO4. The van der Waals surface area contributed by atoms with E-state index < -0.39 is 5.72 Å². The molecule has 2 rings (SSSR count). The molecule has 0 aliphatic heterocycles. The summed E-state index contributed by atoms with van der Waals surface area (Å²) in [7, 11) is 1.37. The number of esters is 1. The highest BCUT2D eigenvalue weighted by Gasteiger charge is 2.26. The summed E-state index contributed by atoms with van der Waals surface area (Å²) < 4.78 is 10.4. The molecule has 0 amide bonds. The van der Waals surface area contributed by atoms with Crippen LogP contribution in [0.15, 0.2) is 48.5 Å². The standard InChI is InChI=1S/C21H27NO4/c1-15-5-4-6-18(11-15)21(22,24)13-16(2)14-26-19-9-7-17(8-10-19)12-20(23)25-3/h4-11,16,24H,12-14,22H2,1-3H3. The van der Waals surface area contributed by atoms with Crippen molar-refractivity contribution in [3.63, 3.8) is 0 Å². The summed E-state index contributed by atoms with van der Waals surface area (Å²) in [6.45, 7) is 4.39. The number of aliphatic hydroxyl groups is 1. The lowest BCUT2D eigenvalue weighted by Gasteiger charge is -2.27. The summed E-state index contributed by atoms with van der Waals surface area (Å²) in [5.41, 5.74) is 7.35. The number of hydrogen-bond donors (Lipinski definition) is 2. The van der Waals surface area contributed by atoms with Crippen LogP contribution in [0.4, 0.5) is 0 Å². The average Bonchev–Trinajstić information content (AvgIpc) is 2.60. The minimum atomic E-state index is -1.39. The Labute approximate surface area is 154 Å². The van der Waals surface area contributed by atoms with Gasteiger partial charge in [0.15, 0.2) is 0 Å². The summed E-state index contributed by atoms with van der Waals surface area (Å²) in [4.78, 5) is 11.3. The van der Waals surface area contributed by atoms with Crippen molar-refractivity contribution in [2.75, 3.05) is 13.7 Å². The molecule has 0 spiro atoms. The minimum Gasteiger partial charge on any atom is -0.493 e. The number of nitrogens with two attached hydrogens (primary N) is 1. The first kappa shape index (κ1) is 19.9. The molecule has 0 aliphatic rings. The van der Waals surface area contributed by atoms with Crippen LogP contribution in [0.25, 0.3) is 0 Å². The van der Waals surface area contributed by atoms with Crippen LogP contribution in [-0.4, -0.2) is 24.8 Å². The van der Waals surface area contributed by atoms with Crippen molar-refractivity contribution in [1.82, 2.24) is 0 Å². The zero-order valence-electron chi connectivity index (χ0n) is 15.6. The van der Waals surface area contributed by atoms with Crippen molar-refractivity contribution >= 4 is 5.97 Å². The Morgan fingerprint density at radius 2 is 1.92 bits per heavy atom. The fraction of sp³-hybridized carbons (Fsp3) is 0.381. The first-order valence-electron chi connectivity index (χ1n) is 8.67. The predicted molar refractivity (Wildman–Crippen MR) is 101 cm³/mol. The molecule has 0 aliphatic carbocycles. The SMILES string of the molecule is COC(=O)Cc1ccc(OCC(C)CC(N)(O)c2cccc(C)c2)cc1. The van der Waals surface area contributed by atoms with E-state index in [1.165, 1.54) is 7.11 Å². The maximum atomic E-state index is 11.3.